The summed E-state index contributed by atoms with van der Waals surface area (Å²) in [5, 5.41) is 0. The Morgan fingerprint density at radius 2 is 0.870 bits per heavy atom. The fourth-order valence-corrected chi connectivity index (χ4v) is 2.32. The van der Waals surface area contributed by atoms with Gasteiger partial charge >= 0.3 is 0 Å². The molecular formula is C23H28. The topological polar surface area (TPSA) is 0 Å². The van der Waals surface area contributed by atoms with Crippen LogP contribution in [-0.2, 0) is 12.8 Å². The average Bonchev–Trinajstić information content (AvgIpc) is 2.58. The lowest BCUT2D eigenvalue weighted by molar-refractivity contribution is 0.821. The number of benzene rings is 3. The molecule has 0 N–H and O–H groups in total. The minimum absolute atomic E-state index is 0. The summed E-state index contributed by atoms with van der Waals surface area (Å²) in [6.07, 6.45) is 3.58. The van der Waals surface area contributed by atoms with E-state index < -0.39 is 0 Å². The molecule has 120 valence electrons. The Kier molecular flexibility index (Phi) is 9.16. The third-order valence-electron chi connectivity index (χ3n) is 3.56. The van der Waals surface area contributed by atoms with Crippen molar-refractivity contribution in [3.05, 3.63) is 108 Å². The zero-order chi connectivity index (χ0) is 15.5. The molecule has 0 radical (unpaired) electrons. The van der Waals surface area contributed by atoms with E-state index in [4.69, 9.17) is 0 Å². The van der Waals surface area contributed by atoms with Crippen LogP contribution in [0.15, 0.2) is 91.0 Å². The van der Waals surface area contributed by atoms with Gasteiger partial charge in [0.05, 0.1) is 0 Å². The quantitative estimate of drug-likeness (QED) is 0.516. The molecule has 0 aliphatic carbocycles. The van der Waals surface area contributed by atoms with E-state index in [1.165, 1.54) is 36.0 Å². The molecule has 0 heteroatoms. The van der Waals surface area contributed by atoms with Crippen LogP contribution < -0.4 is 0 Å². The van der Waals surface area contributed by atoms with Gasteiger partial charge in [0.25, 0.3) is 0 Å². The molecule has 0 heterocycles. The predicted molar refractivity (Wildman–Crippen MR) is 103 cm³/mol. The standard InChI is InChI=1S/C15H16.C7H8.CH4/c1-3-8-14(9-4-1)12-7-13-15-10-5-2-6-11-15;1-7-5-3-2-4-6-7;/h1-6,8-11H,7,12-13H2;2-6H,1H3;1H4. The van der Waals surface area contributed by atoms with Crippen molar-refractivity contribution in [3.63, 3.8) is 0 Å². The normalized spacial score (nSPS) is 9.26. The fraction of sp³-hybridized carbons (Fsp3) is 0.217. The monoisotopic (exact) mass is 304 g/mol. The van der Waals surface area contributed by atoms with Crippen molar-refractivity contribution in [2.24, 2.45) is 0 Å². The molecule has 0 aromatic heterocycles. The fourth-order valence-electron chi connectivity index (χ4n) is 2.32. The second-order valence-electron chi connectivity index (χ2n) is 5.48. The van der Waals surface area contributed by atoms with Crippen molar-refractivity contribution in [1.82, 2.24) is 0 Å². The third kappa shape index (κ3) is 8.01. The maximum Gasteiger partial charge on any atom is -0.0276 e. The van der Waals surface area contributed by atoms with E-state index in [0.717, 1.165) is 0 Å². The van der Waals surface area contributed by atoms with Crippen molar-refractivity contribution in [1.29, 1.82) is 0 Å². The molecule has 3 rings (SSSR count). The Morgan fingerprint density at radius 1 is 0.522 bits per heavy atom. The molecule has 0 atom stereocenters. The van der Waals surface area contributed by atoms with Crippen LogP contribution in [0.25, 0.3) is 0 Å². The Bertz CT molecular complexity index is 572. The van der Waals surface area contributed by atoms with E-state index in [9.17, 15) is 0 Å². The van der Waals surface area contributed by atoms with Gasteiger partial charge in [0.15, 0.2) is 0 Å². The van der Waals surface area contributed by atoms with E-state index in [1.807, 2.05) is 18.2 Å². The van der Waals surface area contributed by atoms with Gasteiger partial charge in [0.2, 0.25) is 0 Å². The first-order valence-electron chi connectivity index (χ1n) is 7.94. The summed E-state index contributed by atoms with van der Waals surface area (Å²) in [4.78, 5) is 0. The summed E-state index contributed by atoms with van der Waals surface area (Å²) in [5.41, 5.74) is 4.20. The molecule has 0 bridgehead atoms. The average molecular weight is 304 g/mol. The highest BCUT2D eigenvalue weighted by Gasteiger charge is 1.93. The van der Waals surface area contributed by atoms with E-state index in [-0.39, 0.29) is 7.43 Å². The van der Waals surface area contributed by atoms with Gasteiger partial charge in [-0.2, -0.15) is 0 Å². The molecule has 0 aliphatic heterocycles. The molecule has 0 saturated heterocycles. The Morgan fingerprint density at radius 3 is 1.17 bits per heavy atom. The summed E-state index contributed by atoms with van der Waals surface area (Å²) >= 11 is 0. The van der Waals surface area contributed by atoms with E-state index >= 15 is 0 Å². The molecule has 23 heavy (non-hydrogen) atoms. The van der Waals surface area contributed by atoms with Crippen LogP contribution in [0.4, 0.5) is 0 Å². The molecule has 0 unspecified atom stereocenters. The van der Waals surface area contributed by atoms with Crippen molar-refractivity contribution >= 4 is 0 Å². The summed E-state index contributed by atoms with van der Waals surface area (Å²) in [6, 6.07) is 31.6. The zero-order valence-electron chi connectivity index (χ0n) is 13.3. The molecular weight excluding hydrogens is 276 g/mol. The molecule has 0 fully saturated rings. The zero-order valence-corrected chi connectivity index (χ0v) is 13.3. The van der Waals surface area contributed by atoms with Gasteiger partial charge in [-0.05, 0) is 37.3 Å². The highest BCUT2D eigenvalue weighted by atomic mass is 14.0. The second kappa shape index (κ2) is 11.3. The lowest BCUT2D eigenvalue weighted by Crippen LogP contribution is -1.89. The third-order valence-corrected chi connectivity index (χ3v) is 3.56. The lowest BCUT2D eigenvalue weighted by atomic mass is 10.0. The maximum atomic E-state index is 2.20. The lowest BCUT2D eigenvalue weighted by Gasteiger charge is -2.01. The Hall–Kier alpha value is -2.34. The molecule has 3 aromatic carbocycles. The molecule has 0 aliphatic rings. The Labute approximate surface area is 141 Å². The van der Waals surface area contributed by atoms with E-state index in [1.54, 1.807) is 0 Å². The molecule has 0 saturated carbocycles. The SMILES string of the molecule is C.Cc1ccccc1.c1ccc(CCCc2ccccc2)cc1. The van der Waals surface area contributed by atoms with Gasteiger partial charge in [0, 0.05) is 0 Å². The largest absolute Gasteiger partial charge is 0.0776 e. The van der Waals surface area contributed by atoms with Gasteiger partial charge in [-0.3, -0.25) is 0 Å². The minimum atomic E-state index is 0. The number of hydrogen-bond donors (Lipinski definition) is 0. The van der Waals surface area contributed by atoms with Crippen molar-refractivity contribution in [2.45, 2.75) is 33.6 Å². The van der Waals surface area contributed by atoms with Gasteiger partial charge in [-0.25, -0.2) is 0 Å². The number of rotatable bonds is 4. The summed E-state index contributed by atoms with van der Waals surface area (Å²) in [6.45, 7) is 2.08. The highest BCUT2D eigenvalue weighted by Crippen LogP contribution is 2.07. The minimum Gasteiger partial charge on any atom is -0.0776 e. The first kappa shape index (κ1) is 18.7. The van der Waals surface area contributed by atoms with Crippen molar-refractivity contribution < 1.29 is 0 Å². The van der Waals surface area contributed by atoms with Crippen LogP contribution in [0.3, 0.4) is 0 Å². The molecule has 0 amide bonds. The van der Waals surface area contributed by atoms with E-state index in [0.29, 0.717) is 0 Å². The highest BCUT2D eigenvalue weighted by molar-refractivity contribution is 5.17. The van der Waals surface area contributed by atoms with Crippen LogP contribution in [0.2, 0.25) is 0 Å². The number of aryl methyl sites for hydroxylation is 3. The Balaban J connectivity index is 0.000000280. The maximum absolute atomic E-state index is 2.20. The smallest absolute Gasteiger partial charge is 0.0276 e. The van der Waals surface area contributed by atoms with Crippen LogP contribution in [0.5, 0.6) is 0 Å². The van der Waals surface area contributed by atoms with Gasteiger partial charge in [-0.15, -0.1) is 0 Å². The second-order valence-corrected chi connectivity index (χ2v) is 5.48. The van der Waals surface area contributed by atoms with Crippen molar-refractivity contribution in [2.75, 3.05) is 0 Å². The van der Waals surface area contributed by atoms with Crippen molar-refractivity contribution in [3.8, 4) is 0 Å². The van der Waals surface area contributed by atoms with Crippen LogP contribution in [-0.4, -0.2) is 0 Å². The van der Waals surface area contributed by atoms with Crippen LogP contribution >= 0.6 is 0 Å². The van der Waals surface area contributed by atoms with E-state index in [2.05, 4.69) is 79.7 Å². The van der Waals surface area contributed by atoms with Gasteiger partial charge in [0.1, 0.15) is 0 Å². The van der Waals surface area contributed by atoms with Gasteiger partial charge in [-0.1, -0.05) is 104 Å². The van der Waals surface area contributed by atoms with Crippen LogP contribution in [0, 0.1) is 6.92 Å². The molecule has 0 spiro atoms. The summed E-state index contributed by atoms with van der Waals surface area (Å²) in [5.74, 6) is 0. The summed E-state index contributed by atoms with van der Waals surface area (Å²) < 4.78 is 0. The first-order valence-corrected chi connectivity index (χ1v) is 7.94. The predicted octanol–water partition coefficient (Wildman–Crippen LogP) is 6.49. The number of hydrogen-bond acceptors (Lipinski definition) is 0. The molecule has 3 aromatic rings. The first-order chi connectivity index (χ1) is 10.8. The summed E-state index contributed by atoms with van der Waals surface area (Å²) in [7, 11) is 0. The molecule has 0 nitrogen and oxygen atoms in total. The van der Waals surface area contributed by atoms with Crippen LogP contribution in [0.1, 0.15) is 30.5 Å². The van der Waals surface area contributed by atoms with Gasteiger partial charge < -0.3 is 0 Å².